The molecule has 1 aliphatic rings. The Kier molecular flexibility index (Phi) is 5.22. The number of nitrogens with two attached hydrogens (primary N) is 1. The summed E-state index contributed by atoms with van der Waals surface area (Å²) in [7, 11) is -3.78. The summed E-state index contributed by atoms with van der Waals surface area (Å²) in [6, 6.07) is 16.5. The Bertz CT molecular complexity index is 1290. The Morgan fingerprint density at radius 3 is 2.29 bits per heavy atom. The lowest BCUT2D eigenvalue weighted by Crippen LogP contribution is -2.35. The van der Waals surface area contributed by atoms with E-state index in [-0.39, 0.29) is 10.5 Å². The third-order valence-electron chi connectivity index (χ3n) is 4.88. The normalized spacial score (nSPS) is 15.5. The second-order valence-corrected chi connectivity index (χ2v) is 8.49. The predicted molar refractivity (Wildman–Crippen MR) is 115 cm³/mol. The molecule has 0 atom stereocenters. The van der Waals surface area contributed by atoms with E-state index in [1.807, 2.05) is 19.1 Å². The third-order valence-corrected chi connectivity index (χ3v) is 5.80. The van der Waals surface area contributed by atoms with Crippen molar-refractivity contribution in [3.8, 4) is 11.3 Å². The number of furan rings is 1. The number of hydrogen-bond donors (Lipinski definition) is 2. The molecule has 0 unspecified atom stereocenters. The molecular formula is C22H19N3O5S. The number of nitrogens with one attached hydrogen (secondary N) is 1. The summed E-state index contributed by atoms with van der Waals surface area (Å²) in [5.41, 5.74) is 4.81. The van der Waals surface area contributed by atoms with E-state index in [2.05, 4.69) is 5.43 Å². The fraction of sp³-hybridized carbons (Fsp3) is 0.0909. The largest absolute Gasteiger partial charge is 0.457 e. The highest BCUT2D eigenvalue weighted by Gasteiger charge is 2.34. The average Bonchev–Trinajstić information content (AvgIpc) is 3.34. The van der Waals surface area contributed by atoms with Gasteiger partial charge < -0.3 is 4.42 Å². The van der Waals surface area contributed by atoms with Gasteiger partial charge in [0, 0.05) is 5.56 Å². The molecule has 1 fully saturated rings. The van der Waals surface area contributed by atoms with Crippen molar-refractivity contribution in [1.82, 2.24) is 5.43 Å². The van der Waals surface area contributed by atoms with Crippen LogP contribution >= 0.6 is 0 Å². The lowest BCUT2D eigenvalue weighted by atomic mass is 10.1. The van der Waals surface area contributed by atoms with E-state index in [1.54, 1.807) is 36.4 Å². The summed E-state index contributed by atoms with van der Waals surface area (Å²) >= 11 is 0. The fourth-order valence-electron chi connectivity index (χ4n) is 3.16. The maximum Gasteiger partial charge on any atom is 0.282 e. The molecule has 1 aliphatic heterocycles. The number of carbonyl (C=O) groups is 2. The van der Waals surface area contributed by atoms with Crippen LogP contribution in [-0.2, 0) is 26.0 Å². The molecule has 0 spiro atoms. The smallest absolute Gasteiger partial charge is 0.282 e. The molecule has 0 saturated carbocycles. The molecule has 2 amide bonds. The standard InChI is InChI=1S/C22H19N3O5S/c1-2-14-3-7-16(8-4-14)25-22(27)19(21(26)24-25)13-17-9-12-20(30-17)15-5-10-18(11-6-15)31(23,28)29/h3-13H,2H2,1H3,(H,24,26)(H2,23,28,29)/b19-13-. The second kappa shape index (κ2) is 7.86. The zero-order valence-electron chi connectivity index (χ0n) is 16.5. The van der Waals surface area contributed by atoms with Gasteiger partial charge in [-0.3, -0.25) is 15.0 Å². The number of carbonyl (C=O) groups excluding carboxylic acids is 2. The molecule has 2 heterocycles. The Balaban J connectivity index is 1.57. The van der Waals surface area contributed by atoms with Gasteiger partial charge in [0.25, 0.3) is 11.8 Å². The van der Waals surface area contributed by atoms with Crippen molar-refractivity contribution in [3.05, 3.63) is 77.6 Å². The monoisotopic (exact) mass is 437 g/mol. The summed E-state index contributed by atoms with van der Waals surface area (Å²) in [6.07, 6.45) is 2.25. The first-order valence-corrected chi connectivity index (χ1v) is 11.0. The van der Waals surface area contributed by atoms with E-state index in [4.69, 9.17) is 9.56 Å². The van der Waals surface area contributed by atoms with Gasteiger partial charge in [-0.2, -0.15) is 0 Å². The van der Waals surface area contributed by atoms with Gasteiger partial charge in [0.1, 0.15) is 17.1 Å². The number of rotatable bonds is 5. The number of amides is 2. The third kappa shape index (κ3) is 4.14. The molecule has 0 bridgehead atoms. The molecule has 0 aliphatic carbocycles. The van der Waals surface area contributed by atoms with Crippen LogP contribution in [0.2, 0.25) is 0 Å². The first kappa shape index (κ1) is 20.6. The van der Waals surface area contributed by atoms with Crippen LogP contribution in [0, 0.1) is 0 Å². The summed E-state index contributed by atoms with van der Waals surface area (Å²) in [5, 5.41) is 6.30. The van der Waals surface area contributed by atoms with E-state index >= 15 is 0 Å². The quantitative estimate of drug-likeness (QED) is 0.469. The van der Waals surface area contributed by atoms with Crippen molar-refractivity contribution < 1.29 is 22.4 Å². The van der Waals surface area contributed by atoms with Gasteiger partial charge in [0.15, 0.2) is 0 Å². The van der Waals surface area contributed by atoms with Crippen molar-refractivity contribution in [2.24, 2.45) is 5.14 Å². The fourth-order valence-corrected chi connectivity index (χ4v) is 3.67. The van der Waals surface area contributed by atoms with Crippen molar-refractivity contribution in [2.45, 2.75) is 18.2 Å². The van der Waals surface area contributed by atoms with Crippen molar-refractivity contribution in [1.29, 1.82) is 0 Å². The number of sulfonamides is 1. The lowest BCUT2D eigenvalue weighted by Gasteiger charge is -2.14. The number of primary sulfonamides is 1. The summed E-state index contributed by atoms with van der Waals surface area (Å²) < 4.78 is 28.5. The van der Waals surface area contributed by atoms with Gasteiger partial charge in [0.05, 0.1) is 10.6 Å². The Morgan fingerprint density at radius 2 is 1.68 bits per heavy atom. The number of benzene rings is 2. The van der Waals surface area contributed by atoms with Crippen LogP contribution in [0.25, 0.3) is 17.4 Å². The number of nitrogens with zero attached hydrogens (tertiary/aromatic N) is 1. The van der Waals surface area contributed by atoms with Crippen LogP contribution in [0.3, 0.4) is 0 Å². The summed E-state index contributed by atoms with van der Waals surface area (Å²) in [5.74, 6) is -0.248. The van der Waals surface area contributed by atoms with E-state index in [0.29, 0.717) is 22.8 Å². The molecule has 158 valence electrons. The van der Waals surface area contributed by atoms with Gasteiger partial charge in [-0.25, -0.2) is 18.6 Å². The van der Waals surface area contributed by atoms with Crippen molar-refractivity contribution in [2.75, 3.05) is 5.01 Å². The second-order valence-electron chi connectivity index (χ2n) is 6.93. The Labute approximate surface area is 179 Å². The van der Waals surface area contributed by atoms with Crippen LogP contribution in [0.15, 0.2) is 75.5 Å². The molecule has 2 aromatic carbocycles. The van der Waals surface area contributed by atoms with E-state index in [0.717, 1.165) is 12.0 Å². The van der Waals surface area contributed by atoms with E-state index < -0.39 is 21.8 Å². The highest BCUT2D eigenvalue weighted by molar-refractivity contribution is 7.89. The van der Waals surface area contributed by atoms with Crippen LogP contribution in [0.5, 0.6) is 0 Å². The van der Waals surface area contributed by atoms with Crippen molar-refractivity contribution >= 4 is 33.6 Å². The molecule has 1 saturated heterocycles. The maximum absolute atomic E-state index is 12.7. The first-order chi connectivity index (χ1) is 14.8. The average molecular weight is 437 g/mol. The number of hydrazine groups is 1. The number of aryl methyl sites for hydroxylation is 1. The highest BCUT2D eigenvalue weighted by Crippen LogP contribution is 2.26. The van der Waals surface area contributed by atoms with E-state index in [9.17, 15) is 18.0 Å². The lowest BCUT2D eigenvalue weighted by molar-refractivity contribution is -0.117. The van der Waals surface area contributed by atoms with Crippen molar-refractivity contribution in [3.63, 3.8) is 0 Å². The minimum Gasteiger partial charge on any atom is -0.457 e. The predicted octanol–water partition coefficient (Wildman–Crippen LogP) is 2.62. The Hall–Kier alpha value is -3.69. The van der Waals surface area contributed by atoms with Crippen LogP contribution in [-0.4, -0.2) is 20.2 Å². The molecule has 0 radical (unpaired) electrons. The first-order valence-electron chi connectivity index (χ1n) is 9.45. The highest BCUT2D eigenvalue weighted by atomic mass is 32.2. The zero-order chi connectivity index (χ0) is 22.2. The summed E-state index contributed by atoms with van der Waals surface area (Å²) in [6.45, 7) is 2.03. The SMILES string of the molecule is CCc1ccc(N2NC(=O)/C(=C/c3ccc(-c4ccc(S(N)(=O)=O)cc4)o3)C2=O)cc1. The van der Waals surface area contributed by atoms with Crippen LogP contribution in [0.4, 0.5) is 5.69 Å². The van der Waals surface area contributed by atoms with Gasteiger partial charge in [-0.05, 0) is 66.6 Å². The molecule has 1 aromatic heterocycles. The molecule has 8 nitrogen and oxygen atoms in total. The molecule has 31 heavy (non-hydrogen) atoms. The van der Waals surface area contributed by atoms with E-state index in [1.165, 1.54) is 23.2 Å². The van der Waals surface area contributed by atoms with Gasteiger partial charge in [0.2, 0.25) is 10.0 Å². The molecule has 4 rings (SSSR count). The van der Waals surface area contributed by atoms with Gasteiger partial charge in [-0.1, -0.05) is 19.1 Å². The molecule has 3 N–H and O–H groups in total. The topological polar surface area (TPSA) is 123 Å². The molecule has 3 aromatic rings. The minimum absolute atomic E-state index is 0.00886. The van der Waals surface area contributed by atoms with Crippen LogP contribution in [0.1, 0.15) is 18.2 Å². The Morgan fingerprint density at radius 1 is 1.00 bits per heavy atom. The minimum atomic E-state index is -3.78. The maximum atomic E-state index is 12.7. The molecular weight excluding hydrogens is 418 g/mol. The molecule has 9 heteroatoms. The number of hydrogen-bond acceptors (Lipinski definition) is 5. The summed E-state index contributed by atoms with van der Waals surface area (Å²) in [4.78, 5) is 25.1. The zero-order valence-corrected chi connectivity index (χ0v) is 17.3. The van der Waals surface area contributed by atoms with Gasteiger partial charge >= 0.3 is 0 Å². The van der Waals surface area contributed by atoms with Crippen LogP contribution < -0.4 is 15.6 Å². The number of anilines is 1. The van der Waals surface area contributed by atoms with Gasteiger partial charge in [-0.15, -0.1) is 0 Å².